The zero-order chi connectivity index (χ0) is 24.3. The van der Waals surface area contributed by atoms with Gasteiger partial charge in [-0.1, -0.05) is 34.6 Å². The highest BCUT2D eigenvalue weighted by Crippen LogP contribution is 2.48. The van der Waals surface area contributed by atoms with Crippen LogP contribution in [0.3, 0.4) is 0 Å². The van der Waals surface area contributed by atoms with Crippen molar-refractivity contribution >= 4 is 17.9 Å². The van der Waals surface area contributed by atoms with Crippen molar-refractivity contribution in [1.29, 1.82) is 0 Å². The molecule has 0 aromatic heterocycles. The average Bonchev–Trinajstić information content (AvgIpc) is 3.29. The van der Waals surface area contributed by atoms with Crippen molar-refractivity contribution in [2.75, 3.05) is 6.61 Å². The number of rotatable bonds is 5. The summed E-state index contributed by atoms with van der Waals surface area (Å²) in [5.74, 6) is -2.61. The third-order valence-electron chi connectivity index (χ3n) is 7.47. The second-order valence-corrected chi connectivity index (χ2v) is 11.6. The van der Waals surface area contributed by atoms with Crippen LogP contribution in [0.4, 0.5) is 0 Å². The maximum absolute atomic E-state index is 13.3. The molecule has 8 unspecified atom stereocenters. The number of carbonyl (C=O) groups is 3. The number of ether oxygens (including phenoxy) is 6. The SMILES string of the molecule is CC(C)C(C)(CC(C)(C)C)C(=O)OC1C(=O)OC2C3OC(C)(C4CCOC(=O)C4)OC3OC12. The molecular formula is C24H36O9. The van der Waals surface area contributed by atoms with Gasteiger partial charge in [0.2, 0.25) is 6.10 Å². The first kappa shape index (κ1) is 24.4. The molecule has 0 aromatic rings. The minimum Gasteiger partial charge on any atom is -0.466 e. The summed E-state index contributed by atoms with van der Waals surface area (Å²) in [5.41, 5.74) is -0.873. The van der Waals surface area contributed by atoms with Gasteiger partial charge in [-0.15, -0.1) is 0 Å². The Morgan fingerprint density at radius 2 is 1.82 bits per heavy atom. The van der Waals surface area contributed by atoms with Crippen LogP contribution in [0.2, 0.25) is 0 Å². The van der Waals surface area contributed by atoms with Crippen molar-refractivity contribution < 1.29 is 42.8 Å². The van der Waals surface area contributed by atoms with Crippen LogP contribution in [0.5, 0.6) is 0 Å². The summed E-state index contributed by atoms with van der Waals surface area (Å²) < 4.78 is 34.6. The largest absolute Gasteiger partial charge is 0.466 e. The molecule has 4 aliphatic rings. The molecule has 4 heterocycles. The van der Waals surface area contributed by atoms with Crippen LogP contribution in [0.15, 0.2) is 0 Å². The summed E-state index contributed by atoms with van der Waals surface area (Å²) in [6.07, 6.45) is -2.75. The lowest BCUT2D eigenvalue weighted by Gasteiger charge is -2.37. The van der Waals surface area contributed by atoms with Crippen molar-refractivity contribution in [1.82, 2.24) is 0 Å². The van der Waals surface area contributed by atoms with E-state index in [4.69, 9.17) is 28.4 Å². The fourth-order valence-electron chi connectivity index (χ4n) is 5.41. The maximum Gasteiger partial charge on any atom is 0.350 e. The quantitative estimate of drug-likeness (QED) is 0.445. The molecular weight excluding hydrogens is 432 g/mol. The molecule has 4 fully saturated rings. The summed E-state index contributed by atoms with van der Waals surface area (Å²) >= 11 is 0. The number of fused-ring (bicyclic) bond motifs is 3. The molecule has 9 heteroatoms. The Hall–Kier alpha value is -1.71. The van der Waals surface area contributed by atoms with Gasteiger partial charge in [0.1, 0.15) is 6.10 Å². The number of cyclic esters (lactones) is 1. The van der Waals surface area contributed by atoms with E-state index in [9.17, 15) is 14.4 Å². The van der Waals surface area contributed by atoms with Gasteiger partial charge in [0.15, 0.2) is 24.3 Å². The highest BCUT2D eigenvalue weighted by Gasteiger charge is 2.66. The molecule has 9 nitrogen and oxygen atoms in total. The van der Waals surface area contributed by atoms with Crippen LogP contribution < -0.4 is 0 Å². The Labute approximate surface area is 194 Å². The number of hydrogen-bond acceptors (Lipinski definition) is 9. The minimum atomic E-state index is -1.17. The van der Waals surface area contributed by atoms with E-state index >= 15 is 0 Å². The second-order valence-electron chi connectivity index (χ2n) is 11.6. The van der Waals surface area contributed by atoms with Gasteiger partial charge >= 0.3 is 17.9 Å². The van der Waals surface area contributed by atoms with Gasteiger partial charge in [0.05, 0.1) is 18.4 Å². The predicted octanol–water partition coefficient (Wildman–Crippen LogP) is 2.73. The molecule has 0 aliphatic carbocycles. The van der Waals surface area contributed by atoms with Crippen molar-refractivity contribution in [2.24, 2.45) is 22.7 Å². The predicted molar refractivity (Wildman–Crippen MR) is 113 cm³/mol. The first-order valence-corrected chi connectivity index (χ1v) is 11.8. The Bertz CT molecular complexity index is 817. The monoisotopic (exact) mass is 468 g/mol. The second kappa shape index (κ2) is 8.20. The van der Waals surface area contributed by atoms with Crippen LogP contribution in [0, 0.1) is 22.7 Å². The Balaban J connectivity index is 1.45. The Morgan fingerprint density at radius 3 is 2.42 bits per heavy atom. The molecule has 0 N–H and O–H groups in total. The molecule has 0 radical (unpaired) electrons. The van der Waals surface area contributed by atoms with Crippen molar-refractivity contribution in [2.45, 2.75) is 104 Å². The van der Waals surface area contributed by atoms with E-state index < -0.39 is 53.8 Å². The summed E-state index contributed by atoms with van der Waals surface area (Å²) in [5, 5.41) is 0. The highest BCUT2D eigenvalue weighted by atomic mass is 16.9. The molecule has 186 valence electrons. The molecule has 4 aliphatic heterocycles. The van der Waals surface area contributed by atoms with E-state index in [2.05, 4.69) is 20.8 Å². The van der Waals surface area contributed by atoms with Gasteiger partial charge in [-0.2, -0.15) is 0 Å². The normalized spacial score (nSPS) is 40.1. The fraction of sp³-hybridized carbons (Fsp3) is 0.875. The van der Waals surface area contributed by atoms with Gasteiger partial charge < -0.3 is 28.4 Å². The highest BCUT2D eigenvalue weighted by molar-refractivity contribution is 5.84. The first-order valence-electron chi connectivity index (χ1n) is 11.8. The van der Waals surface area contributed by atoms with Gasteiger partial charge in [0.25, 0.3) is 0 Å². The third-order valence-corrected chi connectivity index (χ3v) is 7.47. The van der Waals surface area contributed by atoms with Gasteiger partial charge in [-0.25, -0.2) is 4.79 Å². The lowest BCUT2D eigenvalue weighted by Crippen LogP contribution is -2.45. The Morgan fingerprint density at radius 1 is 1.12 bits per heavy atom. The molecule has 0 aromatic carbocycles. The molecule has 0 amide bonds. The Kier molecular flexibility index (Phi) is 6.07. The van der Waals surface area contributed by atoms with Crippen LogP contribution in [0.25, 0.3) is 0 Å². The van der Waals surface area contributed by atoms with Crippen molar-refractivity contribution in [3.05, 3.63) is 0 Å². The maximum atomic E-state index is 13.3. The zero-order valence-corrected chi connectivity index (χ0v) is 20.5. The van der Waals surface area contributed by atoms with Crippen LogP contribution in [-0.4, -0.2) is 61.0 Å². The van der Waals surface area contributed by atoms with Gasteiger partial charge in [0, 0.05) is 5.92 Å². The van der Waals surface area contributed by atoms with Gasteiger partial charge in [-0.3, -0.25) is 9.59 Å². The average molecular weight is 469 g/mol. The van der Waals surface area contributed by atoms with Crippen LogP contribution >= 0.6 is 0 Å². The summed E-state index contributed by atoms with van der Waals surface area (Å²) in [6, 6.07) is 0. The number of hydrogen-bond donors (Lipinski definition) is 0. The molecule has 0 spiro atoms. The van der Waals surface area contributed by atoms with Crippen LogP contribution in [-0.2, 0) is 42.8 Å². The molecule has 0 saturated carbocycles. The molecule has 8 atom stereocenters. The number of esters is 3. The van der Waals surface area contributed by atoms with E-state index in [0.29, 0.717) is 19.4 Å². The third kappa shape index (κ3) is 4.39. The zero-order valence-electron chi connectivity index (χ0n) is 20.5. The lowest BCUT2D eigenvalue weighted by atomic mass is 9.69. The van der Waals surface area contributed by atoms with Crippen LogP contribution in [0.1, 0.15) is 67.7 Å². The van der Waals surface area contributed by atoms with Gasteiger partial charge in [-0.05, 0) is 38.0 Å². The molecule has 4 saturated heterocycles. The van der Waals surface area contributed by atoms with E-state index in [1.165, 1.54) is 0 Å². The molecule has 4 rings (SSSR count). The summed E-state index contributed by atoms with van der Waals surface area (Å²) in [6.45, 7) is 14.1. The minimum absolute atomic E-state index is 0.0101. The number of carbonyl (C=O) groups excluding carboxylic acids is 3. The fourth-order valence-corrected chi connectivity index (χ4v) is 5.41. The topological polar surface area (TPSA) is 107 Å². The lowest BCUT2D eigenvalue weighted by molar-refractivity contribution is -0.256. The van der Waals surface area contributed by atoms with E-state index in [-0.39, 0.29) is 29.6 Å². The van der Waals surface area contributed by atoms with E-state index in [1.807, 2.05) is 20.8 Å². The summed E-state index contributed by atoms with van der Waals surface area (Å²) in [4.78, 5) is 37.7. The van der Waals surface area contributed by atoms with Crippen molar-refractivity contribution in [3.8, 4) is 0 Å². The summed E-state index contributed by atoms with van der Waals surface area (Å²) in [7, 11) is 0. The van der Waals surface area contributed by atoms with E-state index in [0.717, 1.165) is 0 Å². The first-order chi connectivity index (χ1) is 15.2. The molecule has 33 heavy (non-hydrogen) atoms. The smallest absolute Gasteiger partial charge is 0.350 e. The van der Waals surface area contributed by atoms with E-state index in [1.54, 1.807) is 6.92 Å². The van der Waals surface area contributed by atoms with Crippen molar-refractivity contribution in [3.63, 3.8) is 0 Å². The molecule has 0 bridgehead atoms. The standard InChI is InChI=1S/C24H36O9/c1-12(2)23(6,11-22(3,4)5)21(27)31-17-15-16(29-19(17)26)18-20(30-15)33-24(7,32-18)13-8-9-28-14(25)10-13/h12-13,15-18,20H,8-11H2,1-7H3.